The van der Waals surface area contributed by atoms with E-state index in [4.69, 9.17) is 21.3 Å². The van der Waals surface area contributed by atoms with Gasteiger partial charge < -0.3 is 14.6 Å². The van der Waals surface area contributed by atoms with E-state index in [2.05, 4.69) is 37.6 Å². The van der Waals surface area contributed by atoms with E-state index in [-0.39, 0.29) is 0 Å². The van der Waals surface area contributed by atoms with Gasteiger partial charge in [-0.3, -0.25) is 0 Å². The highest BCUT2D eigenvalue weighted by Gasteiger charge is 2.19. The lowest BCUT2D eigenvalue weighted by molar-refractivity contribution is 0.287. The van der Waals surface area contributed by atoms with Crippen LogP contribution >= 0.6 is 11.6 Å². The third kappa shape index (κ3) is 4.75. The number of rotatable bonds is 7. The Hall–Kier alpha value is -2.04. The van der Waals surface area contributed by atoms with Gasteiger partial charge in [0.25, 0.3) is 0 Å². The Kier molecular flexibility index (Phi) is 6.88. The molecule has 0 aliphatic carbocycles. The summed E-state index contributed by atoms with van der Waals surface area (Å²) in [5, 5.41) is 4.19. The molecule has 1 saturated heterocycles. The topological polar surface area (TPSA) is 39.1 Å². The van der Waals surface area contributed by atoms with Gasteiger partial charge in [-0.1, -0.05) is 11.6 Å². The quantitative estimate of drug-likeness (QED) is 0.470. The Labute approximate surface area is 191 Å². The molecule has 4 nitrogen and oxygen atoms in total. The lowest BCUT2D eigenvalue weighted by Gasteiger charge is -2.22. The largest absolute Gasteiger partial charge is 0.486 e. The maximum Gasteiger partial charge on any atom is 0.148 e. The molecule has 3 aromatic rings. The zero-order valence-corrected chi connectivity index (χ0v) is 20.0. The van der Waals surface area contributed by atoms with Gasteiger partial charge >= 0.3 is 0 Å². The van der Waals surface area contributed by atoms with Crippen LogP contribution in [0.4, 0.5) is 0 Å². The molecule has 1 aliphatic rings. The number of nitrogens with one attached hydrogen (secondary N) is 1. The second-order valence-electron chi connectivity index (χ2n) is 8.96. The maximum absolute atomic E-state index is 6.10. The van der Waals surface area contributed by atoms with Gasteiger partial charge in [0.15, 0.2) is 0 Å². The van der Waals surface area contributed by atoms with E-state index in [0.717, 1.165) is 47.7 Å². The molecular formula is C26H34ClN3O. The fourth-order valence-electron chi connectivity index (χ4n) is 4.80. The second kappa shape index (κ2) is 9.62. The molecular weight excluding hydrogens is 406 g/mol. The number of hydrogen-bond donors (Lipinski definition) is 1. The molecule has 0 bridgehead atoms. The summed E-state index contributed by atoms with van der Waals surface area (Å²) in [6.45, 7) is 12.6. The summed E-state index contributed by atoms with van der Waals surface area (Å²) in [6.07, 6.45) is 5.05. The van der Waals surface area contributed by atoms with Crippen LogP contribution in [-0.4, -0.2) is 22.6 Å². The Bertz CT molecular complexity index is 1050. The zero-order valence-electron chi connectivity index (χ0n) is 19.2. The number of nitrogens with zero attached hydrogens (tertiary/aromatic N) is 2. The van der Waals surface area contributed by atoms with Crippen molar-refractivity contribution in [3.63, 3.8) is 0 Å². The summed E-state index contributed by atoms with van der Waals surface area (Å²) >= 11 is 6.02. The Balaban J connectivity index is 1.62. The van der Waals surface area contributed by atoms with Crippen LogP contribution in [0.25, 0.3) is 11.0 Å². The molecule has 1 aromatic heterocycles. The van der Waals surface area contributed by atoms with Gasteiger partial charge in [-0.2, -0.15) is 0 Å². The SMILES string of the molecule is Cc1c(C)c(C)c2c(nc(COc3ccc(Cl)cc3)n2CCCC2CCNCC2)c1C. The summed E-state index contributed by atoms with van der Waals surface area (Å²) in [4.78, 5) is 5.07. The highest BCUT2D eigenvalue weighted by molar-refractivity contribution is 6.30. The number of ether oxygens (including phenoxy) is 1. The normalized spacial score (nSPS) is 15.0. The molecule has 31 heavy (non-hydrogen) atoms. The van der Waals surface area contributed by atoms with E-state index in [1.165, 1.54) is 53.5 Å². The maximum atomic E-state index is 6.10. The summed E-state index contributed by atoms with van der Waals surface area (Å²) in [5.74, 6) is 2.67. The monoisotopic (exact) mass is 439 g/mol. The van der Waals surface area contributed by atoms with Crippen molar-refractivity contribution in [2.24, 2.45) is 5.92 Å². The predicted molar refractivity (Wildman–Crippen MR) is 129 cm³/mol. The van der Waals surface area contributed by atoms with Gasteiger partial charge in [0.1, 0.15) is 18.2 Å². The van der Waals surface area contributed by atoms with E-state index in [0.29, 0.717) is 6.61 Å². The first-order chi connectivity index (χ1) is 15.0. The summed E-state index contributed by atoms with van der Waals surface area (Å²) in [5.41, 5.74) is 7.73. The first-order valence-corrected chi connectivity index (χ1v) is 11.9. The summed E-state index contributed by atoms with van der Waals surface area (Å²) in [7, 11) is 0. The van der Waals surface area contributed by atoms with Gasteiger partial charge in [-0.05, 0) is 119 Å². The first-order valence-electron chi connectivity index (χ1n) is 11.5. The van der Waals surface area contributed by atoms with Crippen LogP contribution in [-0.2, 0) is 13.2 Å². The highest BCUT2D eigenvalue weighted by atomic mass is 35.5. The molecule has 0 radical (unpaired) electrons. The van der Waals surface area contributed by atoms with Gasteiger partial charge in [0.2, 0.25) is 0 Å². The van der Waals surface area contributed by atoms with Crippen molar-refractivity contribution in [1.29, 1.82) is 0 Å². The second-order valence-corrected chi connectivity index (χ2v) is 9.39. The minimum atomic E-state index is 0.459. The highest BCUT2D eigenvalue weighted by Crippen LogP contribution is 2.31. The number of halogens is 1. The van der Waals surface area contributed by atoms with Crippen molar-refractivity contribution in [3.8, 4) is 5.75 Å². The van der Waals surface area contributed by atoms with Crippen LogP contribution in [0.1, 0.15) is 53.8 Å². The smallest absolute Gasteiger partial charge is 0.148 e. The molecule has 5 heteroatoms. The number of benzene rings is 2. The average Bonchev–Trinajstić information content (AvgIpc) is 3.15. The van der Waals surface area contributed by atoms with Crippen LogP contribution in [0.5, 0.6) is 5.75 Å². The van der Waals surface area contributed by atoms with Crippen molar-refractivity contribution in [1.82, 2.24) is 14.9 Å². The van der Waals surface area contributed by atoms with Gasteiger partial charge in [-0.15, -0.1) is 0 Å². The Morgan fingerprint density at radius 1 is 1.00 bits per heavy atom. The number of aromatic nitrogens is 2. The molecule has 2 heterocycles. The minimum absolute atomic E-state index is 0.459. The van der Waals surface area contributed by atoms with Crippen LogP contribution < -0.4 is 10.1 Å². The van der Waals surface area contributed by atoms with Crippen molar-refractivity contribution in [3.05, 3.63) is 57.4 Å². The van der Waals surface area contributed by atoms with E-state index >= 15 is 0 Å². The van der Waals surface area contributed by atoms with Crippen LogP contribution in [0, 0.1) is 33.6 Å². The molecule has 0 saturated carbocycles. The van der Waals surface area contributed by atoms with E-state index in [1.807, 2.05) is 24.3 Å². The molecule has 0 amide bonds. The standard InChI is InChI=1S/C26H34ClN3O/c1-17-18(2)20(4)26-25(19(17)3)29-24(16-31-23-9-7-22(27)8-10-23)30(26)15-5-6-21-11-13-28-14-12-21/h7-10,21,28H,5-6,11-16H2,1-4H3. The van der Waals surface area contributed by atoms with E-state index < -0.39 is 0 Å². The van der Waals surface area contributed by atoms with Crippen LogP contribution in [0.3, 0.4) is 0 Å². The summed E-state index contributed by atoms with van der Waals surface area (Å²) < 4.78 is 8.52. The van der Waals surface area contributed by atoms with Gasteiger partial charge in [0, 0.05) is 11.6 Å². The minimum Gasteiger partial charge on any atom is -0.486 e. The van der Waals surface area contributed by atoms with Crippen molar-refractivity contribution in [2.75, 3.05) is 13.1 Å². The zero-order chi connectivity index (χ0) is 22.0. The molecule has 0 atom stereocenters. The van der Waals surface area contributed by atoms with E-state index in [9.17, 15) is 0 Å². The molecule has 2 aromatic carbocycles. The third-order valence-electron chi connectivity index (χ3n) is 7.08. The molecule has 166 valence electrons. The molecule has 0 spiro atoms. The predicted octanol–water partition coefficient (Wildman–Crippen LogP) is 6.28. The summed E-state index contributed by atoms with van der Waals surface area (Å²) in [6, 6.07) is 7.55. The fraction of sp³-hybridized carbons (Fsp3) is 0.500. The van der Waals surface area contributed by atoms with Gasteiger partial charge in [0.05, 0.1) is 11.0 Å². The molecule has 1 fully saturated rings. The molecule has 4 rings (SSSR count). The molecule has 1 aliphatic heterocycles. The van der Waals surface area contributed by atoms with Crippen molar-refractivity contribution < 1.29 is 4.74 Å². The lowest BCUT2D eigenvalue weighted by atomic mass is 9.93. The van der Waals surface area contributed by atoms with Crippen LogP contribution in [0.2, 0.25) is 5.02 Å². The number of piperidine rings is 1. The number of hydrogen-bond acceptors (Lipinski definition) is 3. The van der Waals surface area contributed by atoms with E-state index in [1.54, 1.807) is 0 Å². The van der Waals surface area contributed by atoms with Crippen molar-refractivity contribution >= 4 is 22.6 Å². The Morgan fingerprint density at radius 3 is 2.39 bits per heavy atom. The Morgan fingerprint density at radius 2 is 1.68 bits per heavy atom. The lowest BCUT2D eigenvalue weighted by Crippen LogP contribution is -2.27. The first kappa shape index (κ1) is 22.2. The number of imidazole rings is 1. The van der Waals surface area contributed by atoms with Gasteiger partial charge in [-0.25, -0.2) is 4.98 Å². The van der Waals surface area contributed by atoms with Crippen molar-refractivity contribution in [2.45, 2.75) is 66.5 Å². The number of fused-ring (bicyclic) bond motifs is 1. The molecule has 0 unspecified atom stereocenters. The average molecular weight is 440 g/mol. The molecule has 1 N–H and O–H groups in total. The fourth-order valence-corrected chi connectivity index (χ4v) is 4.92. The van der Waals surface area contributed by atoms with Crippen LogP contribution in [0.15, 0.2) is 24.3 Å². The number of aryl methyl sites for hydroxylation is 3. The third-order valence-corrected chi connectivity index (χ3v) is 7.33.